The van der Waals surface area contributed by atoms with E-state index in [1.807, 2.05) is 19.2 Å². The fourth-order valence-corrected chi connectivity index (χ4v) is 3.44. The number of aromatic nitrogens is 3. The van der Waals surface area contributed by atoms with Gasteiger partial charge in [-0.3, -0.25) is 4.79 Å². The number of methoxy groups -OCH3 is 2. The fourth-order valence-electron chi connectivity index (χ4n) is 2.56. The van der Waals surface area contributed by atoms with Crippen LogP contribution < -0.4 is 14.8 Å². The molecule has 1 heterocycles. The molecule has 146 valence electrons. The number of thioether (sulfide) groups is 1. The molecule has 0 atom stereocenters. The van der Waals surface area contributed by atoms with Crippen LogP contribution in [0.5, 0.6) is 11.5 Å². The topological polar surface area (TPSA) is 78.3 Å². The minimum absolute atomic E-state index is 0.150. The number of benzene rings is 2. The second-order valence-corrected chi connectivity index (χ2v) is 7.16. The number of amides is 1. The van der Waals surface area contributed by atoms with Gasteiger partial charge in [0.1, 0.15) is 11.5 Å². The van der Waals surface area contributed by atoms with E-state index in [4.69, 9.17) is 21.1 Å². The van der Waals surface area contributed by atoms with Gasteiger partial charge in [-0.15, -0.1) is 10.2 Å². The summed E-state index contributed by atoms with van der Waals surface area (Å²) in [6.07, 6.45) is 0. The van der Waals surface area contributed by atoms with Crippen molar-refractivity contribution < 1.29 is 14.3 Å². The van der Waals surface area contributed by atoms with Crippen LogP contribution >= 0.6 is 23.4 Å². The highest BCUT2D eigenvalue weighted by Gasteiger charge is 2.16. The van der Waals surface area contributed by atoms with Crippen molar-refractivity contribution in [3.63, 3.8) is 0 Å². The molecule has 0 aliphatic carbocycles. The van der Waals surface area contributed by atoms with Crippen molar-refractivity contribution in [1.82, 2.24) is 14.8 Å². The summed E-state index contributed by atoms with van der Waals surface area (Å²) in [6.45, 7) is 0. The van der Waals surface area contributed by atoms with E-state index in [2.05, 4.69) is 15.5 Å². The molecule has 0 fully saturated rings. The Morgan fingerprint density at radius 2 is 2.00 bits per heavy atom. The smallest absolute Gasteiger partial charge is 0.234 e. The molecule has 9 heteroatoms. The van der Waals surface area contributed by atoms with E-state index in [1.54, 1.807) is 49.1 Å². The van der Waals surface area contributed by atoms with Crippen LogP contribution in [0, 0.1) is 0 Å². The highest BCUT2D eigenvalue weighted by atomic mass is 35.5. The molecule has 0 radical (unpaired) electrons. The zero-order chi connectivity index (χ0) is 20.1. The highest BCUT2D eigenvalue weighted by Crippen LogP contribution is 2.32. The molecule has 1 aromatic heterocycles. The third-order valence-electron chi connectivity index (χ3n) is 3.92. The number of halogens is 1. The number of hydrogen-bond acceptors (Lipinski definition) is 6. The van der Waals surface area contributed by atoms with Gasteiger partial charge in [-0.25, -0.2) is 0 Å². The number of carbonyl (C=O) groups is 1. The van der Waals surface area contributed by atoms with Crippen molar-refractivity contribution in [1.29, 1.82) is 0 Å². The Morgan fingerprint density at radius 3 is 2.75 bits per heavy atom. The molecule has 3 aromatic rings. The van der Waals surface area contributed by atoms with Gasteiger partial charge < -0.3 is 19.4 Å². The Balaban J connectivity index is 1.69. The van der Waals surface area contributed by atoms with Crippen molar-refractivity contribution in [3.8, 4) is 22.9 Å². The standard InChI is InChI=1S/C19H19ClN4O3S/c1-24-18(15-9-12(20)7-8-16(15)27-3)22-23-19(24)28-11-17(25)21-13-5-4-6-14(10-13)26-2/h4-10H,11H2,1-3H3,(H,21,25). The van der Waals surface area contributed by atoms with Crippen LogP contribution in [0.3, 0.4) is 0 Å². The maximum atomic E-state index is 12.3. The number of nitrogens with zero attached hydrogens (tertiary/aromatic N) is 3. The predicted octanol–water partition coefficient (Wildman–Crippen LogP) is 3.88. The Hall–Kier alpha value is -2.71. The number of nitrogens with one attached hydrogen (secondary N) is 1. The summed E-state index contributed by atoms with van der Waals surface area (Å²) >= 11 is 7.39. The molecule has 0 saturated carbocycles. The third kappa shape index (κ3) is 4.58. The first-order valence-corrected chi connectivity index (χ1v) is 9.68. The molecule has 1 N–H and O–H groups in total. The summed E-state index contributed by atoms with van der Waals surface area (Å²) < 4.78 is 12.3. The minimum atomic E-state index is -0.150. The SMILES string of the molecule is COc1cccc(NC(=O)CSc2nnc(-c3cc(Cl)ccc3OC)n2C)c1. The van der Waals surface area contributed by atoms with Crippen molar-refractivity contribution in [3.05, 3.63) is 47.5 Å². The molecular formula is C19H19ClN4O3S. The fraction of sp³-hybridized carbons (Fsp3) is 0.211. The summed E-state index contributed by atoms with van der Waals surface area (Å²) in [7, 11) is 5.00. The monoisotopic (exact) mass is 418 g/mol. The lowest BCUT2D eigenvalue weighted by molar-refractivity contribution is -0.113. The van der Waals surface area contributed by atoms with Gasteiger partial charge in [0.25, 0.3) is 0 Å². The molecule has 2 aromatic carbocycles. The number of carbonyl (C=O) groups excluding carboxylic acids is 1. The molecule has 0 aliphatic heterocycles. The Labute approximate surface area is 172 Å². The molecule has 0 aliphatic rings. The zero-order valence-corrected chi connectivity index (χ0v) is 17.2. The van der Waals surface area contributed by atoms with Gasteiger partial charge >= 0.3 is 0 Å². The predicted molar refractivity (Wildman–Crippen MR) is 110 cm³/mol. The first kappa shape index (κ1) is 20.0. The van der Waals surface area contributed by atoms with Crippen LogP contribution in [0.4, 0.5) is 5.69 Å². The molecule has 3 rings (SSSR count). The maximum Gasteiger partial charge on any atom is 0.234 e. The average Bonchev–Trinajstić information content (AvgIpc) is 3.06. The Morgan fingerprint density at radius 1 is 1.18 bits per heavy atom. The molecule has 28 heavy (non-hydrogen) atoms. The Kier molecular flexibility index (Phi) is 6.43. The molecule has 0 spiro atoms. The van der Waals surface area contributed by atoms with E-state index >= 15 is 0 Å². The second kappa shape index (κ2) is 8.99. The molecule has 0 saturated heterocycles. The quantitative estimate of drug-likeness (QED) is 0.586. The van der Waals surface area contributed by atoms with Gasteiger partial charge in [-0.1, -0.05) is 29.4 Å². The Bertz CT molecular complexity index is 993. The zero-order valence-electron chi connectivity index (χ0n) is 15.6. The van der Waals surface area contributed by atoms with Crippen LogP contribution in [0.15, 0.2) is 47.6 Å². The largest absolute Gasteiger partial charge is 0.497 e. The molecule has 0 unspecified atom stereocenters. The number of rotatable bonds is 7. The van der Waals surface area contributed by atoms with Crippen molar-refractivity contribution >= 4 is 35.0 Å². The summed E-state index contributed by atoms with van der Waals surface area (Å²) in [4.78, 5) is 12.3. The second-order valence-electron chi connectivity index (χ2n) is 5.78. The van der Waals surface area contributed by atoms with Crippen molar-refractivity contribution in [2.24, 2.45) is 7.05 Å². The van der Waals surface area contributed by atoms with Crippen LogP contribution in [-0.4, -0.2) is 40.6 Å². The number of ether oxygens (including phenoxy) is 2. The average molecular weight is 419 g/mol. The molecule has 0 bridgehead atoms. The lowest BCUT2D eigenvalue weighted by Gasteiger charge is -2.09. The van der Waals surface area contributed by atoms with Gasteiger partial charge in [-0.2, -0.15) is 0 Å². The van der Waals surface area contributed by atoms with Crippen molar-refractivity contribution in [2.75, 3.05) is 25.3 Å². The minimum Gasteiger partial charge on any atom is -0.497 e. The molecule has 7 nitrogen and oxygen atoms in total. The summed E-state index contributed by atoms with van der Waals surface area (Å²) in [5.74, 6) is 1.97. The van der Waals surface area contributed by atoms with Crippen molar-refractivity contribution in [2.45, 2.75) is 5.16 Å². The van der Waals surface area contributed by atoms with Gasteiger partial charge in [0, 0.05) is 23.8 Å². The normalized spacial score (nSPS) is 10.6. The lowest BCUT2D eigenvalue weighted by atomic mass is 10.2. The van der Waals surface area contributed by atoms with Gasteiger partial charge in [0.05, 0.1) is 25.5 Å². The van der Waals surface area contributed by atoms with Crippen LogP contribution in [0.25, 0.3) is 11.4 Å². The first-order chi connectivity index (χ1) is 13.5. The van der Waals surface area contributed by atoms with Gasteiger partial charge in [0.15, 0.2) is 11.0 Å². The van der Waals surface area contributed by atoms with E-state index < -0.39 is 0 Å². The van der Waals surface area contributed by atoms with E-state index in [0.29, 0.717) is 33.2 Å². The van der Waals surface area contributed by atoms with Crippen LogP contribution in [0.1, 0.15) is 0 Å². The van der Waals surface area contributed by atoms with Gasteiger partial charge in [0.2, 0.25) is 5.91 Å². The number of anilines is 1. The lowest BCUT2D eigenvalue weighted by Crippen LogP contribution is -2.14. The van der Waals surface area contributed by atoms with E-state index in [1.165, 1.54) is 11.8 Å². The first-order valence-electron chi connectivity index (χ1n) is 8.32. The summed E-state index contributed by atoms with van der Waals surface area (Å²) in [6, 6.07) is 12.5. The molecule has 1 amide bonds. The third-order valence-corrected chi connectivity index (χ3v) is 5.18. The highest BCUT2D eigenvalue weighted by molar-refractivity contribution is 7.99. The summed E-state index contributed by atoms with van der Waals surface area (Å²) in [5.41, 5.74) is 1.41. The summed E-state index contributed by atoms with van der Waals surface area (Å²) in [5, 5.41) is 12.4. The van der Waals surface area contributed by atoms with E-state index in [-0.39, 0.29) is 11.7 Å². The maximum absolute atomic E-state index is 12.3. The van der Waals surface area contributed by atoms with Crippen LogP contribution in [-0.2, 0) is 11.8 Å². The van der Waals surface area contributed by atoms with Gasteiger partial charge in [-0.05, 0) is 30.3 Å². The van der Waals surface area contributed by atoms with E-state index in [9.17, 15) is 4.79 Å². The number of hydrogen-bond donors (Lipinski definition) is 1. The molecular weight excluding hydrogens is 400 g/mol. The van der Waals surface area contributed by atoms with E-state index in [0.717, 1.165) is 5.56 Å². The van der Waals surface area contributed by atoms with Crippen LogP contribution in [0.2, 0.25) is 5.02 Å².